The summed E-state index contributed by atoms with van der Waals surface area (Å²) < 4.78 is 0. The molecule has 0 bridgehead atoms. The van der Waals surface area contributed by atoms with Crippen molar-refractivity contribution < 1.29 is 24.6 Å². The van der Waals surface area contributed by atoms with E-state index in [2.05, 4.69) is 23.8 Å². The Morgan fingerprint density at radius 1 is 1.24 bits per heavy atom. The van der Waals surface area contributed by atoms with Crippen LogP contribution in [0.15, 0.2) is 0 Å². The Morgan fingerprint density at radius 2 is 1.90 bits per heavy atom. The van der Waals surface area contributed by atoms with E-state index in [1.54, 1.807) is 0 Å². The lowest BCUT2D eigenvalue weighted by Crippen LogP contribution is -2.26. The van der Waals surface area contributed by atoms with Gasteiger partial charge in [-0.1, -0.05) is 11.8 Å². The molecule has 0 aliphatic carbocycles. The van der Waals surface area contributed by atoms with Crippen molar-refractivity contribution >= 4 is 17.8 Å². The van der Waals surface area contributed by atoms with Crippen molar-refractivity contribution in [2.75, 3.05) is 26.7 Å². The third-order valence-corrected chi connectivity index (χ3v) is 3.41. The fourth-order valence-electron chi connectivity index (χ4n) is 2.22. The second kappa shape index (κ2) is 8.27. The first-order chi connectivity index (χ1) is 9.91. The fourth-order valence-corrected chi connectivity index (χ4v) is 2.22. The van der Waals surface area contributed by atoms with Gasteiger partial charge in [-0.05, 0) is 32.9 Å². The van der Waals surface area contributed by atoms with Crippen LogP contribution in [0.2, 0.25) is 0 Å². The molecule has 0 aromatic heterocycles. The van der Waals surface area contributed by atoms with E-state index in [9.17, 15) is 4.79 Å². The number of carboxylic acid groups (broad SMARTS) is 2. The number of carboxylic acids is 2. The number of nitrogens with zero attached hydrogens (tertiary/aromatic N) is 2. The van der Waals surface area contributed by atoms with Crippen LogP contribution in [0, 0.1) is 11.8 Å². The number of carbonyl (C=O) groups is 3. The zero-order valence-corrected chi connectivity index (χ0v) is 12.0. The van der Waals surface area contributed by atoms with Crippen molar-refractivity contribution in [3.05, 3.63) is 0 Å². The van der Waals surface area contributed by atoms with Crippen LogP contribution in [0.1, 0.15) is 25.7 Å². The Hall–Kier alpha value is -2.07. The highest BCUT2D eigenvalue weighted by Gasteiger charge is 2.20. The van der Waals surface area contributed by atoms with Crippen LogP contribution in [-0.2, 0) is 14.4 Å². The fraction of sp³-hybridized carbons (Fsp3) is 0.643. The number of carbonyl (C=O) groups excluding carboxylic acids is 1. The highest BCUT2D eigenvalue weighted by atomic mass is 16.4. The maximum atomic E-state index is 11.3. The van der Waals surface area contributed by atoms with E-state index in [1.165, 1.54) is 12.8 Å². The molecule has 1 atom stereocenters. The lowest BCUT2D eigenvalue weighted by molar-refractivity contribution is -0.159. The van der Waals surface area contributed by atoms with Crippen molar-refractivity contribution in [3.8, 4) is 11.8 Å². The quantitative estimate of drug-likeness (QED) is 0.516. The van der Waals surface area contributed by atoms with Crippen molar-refractivity contribution in [1.29, 1.82) is 0 Å². The van der Waals surface area contributed by atoms with E-state index >= 15 is 0 Å². The number of amides is 1. The van der Waals surface area contributed by atoms with Crippen LogP contribution < -0.4 is 0 Å². The van der Waals surface area contributed by atoms with Crippen molar-refractivity contribution in [1.82, 2.24) is 9.80 Å². The summed E-state index contributed by atoms with van der Waals surface area (Å²) in [6.45, 7) is 2.68. The molecule has 0 spiro atoms. The summed E-state index contributed by atoms with van der Waals surface area (Å²) in [7, 11) is 2.12. The van der Waals surface area contributed by atoms with Gasteiger partial charge in [0, 0.05) is 13.0 Å². The minimum absolute atomic E-state index is 0.268. The first kappa shape index (κ1) is 17.0. The van der Waals surface area contributed by atoms with Crippen molar-refractivity contribution in [2.24, 2.45) is 0 Å². The van der Waals surface area contributed by atoms with Gasteiger partial charge in [-0.2, -0.15) is 0 Å². The third kappa shape index (κ3) is 5.83. The van der Waals surface area contributed by atoms with Gasteiger partial charge < -0.3 is 15.1 Å². The molecule has 2 heterocycles. The molecule has 0 unspecified atom stereocenters. The van der Waals surface area contributed by atoms with Gasteiger partial charge in [0.25, 0.3) is 0 Å². The molecular weight excluding hydrogens is 276 g/mol. The summed E-state index contributed by atoms with van der Waals surface area (Å²) in [4.78, 5) is 33.7. The van der Waals surface area contributed by atoms with Crippen LogP contribution >= 0.6 is 0 Å². The topological polar surface area (TPSA) is 98.2 Å². The first-order valence-corrected chi connectivity index (χ1v) is 6.84. The van der Waals surface area contributed by atoms with Crippen molar-refractivity contribution in [3.63, 3.8) is 0 Å². The van der Waals surface area contributed by atoms with Gasteiger partial charge in [0.05, 0.1) is 12.6 Å². The predicted octanol–water partition coefficient (Wildman–Crippen LogP) is -0.138. The van der Waals surface area contributed by atoms with E-state index < -0.39 is 11.9 Å². The zero-order chi connectivity index (χ0) is 15.8. The second-order valence-electron chi connectivity index (χ2n) is 4.99. The van der Waals surface area contributed by atoms with E-state index in [1.807, 2.05) is 4.90 Å². The normalized spacial score (nSPS) is 21.3. The van der Waals surface area contributed by atoms with Gasteiger partial charge in [-0.15, -0.1) is 0 Å². The molecule has 2 saturated heterocycles. The third-order valence-electron chi connectivity index (χ3n) is 3.41. The van der Waals surface area contributed by atoms with Gasteiger partial charge in [-0.25, -0.2) is 9.59 Å². The molecule has 21 heavy (non-hydrogen) atoms. The van der Waals surface area contributed by atoms with E-state index in [-0.39, 0.29) is 5.91 Å². The average molecular weight is 296 g/mol. The van der Waals surface area contributed by atoms with Gasteiger partial charge in [-0.3, -0.25) is 9.69 Å². The molecule has 0 aromatic rings. The lowest BCUT2D eigenvalue weighted by Gasteiger charge is -2.13. The highest BCUT2D eigenvalue weighted by molar-refractivity contribution is 6.27. The molecule has 116 valence electrons. The van der Waals surface area contributed by atoms with Crippen LogP contribution in [-0.4, -0.2) is 70.6 Å². The summed E-state index contributed by atoms with van der Waals surface area (Å²) in [5.74, 6) is 3.02. The molecule has 2 N–H and O–H groups in total. The van der Waals surface area contributed by atoms with E-state index in [4.69, 9.17) is 19.8 Å². The van der Waals surface area contributed by atoms with Crippen molar-refractivity contribution in [2.45, 2.75) is 31.7 Å². The SMILES string of the molecule is CN1CCC[C@@H]1C#CCN1CCCC1=O.O=C(O)C(=O)O. The standard InChI is InChI=1S/C12H18N2O.C2H2O4/c1-13-8-2-5-11(13)6-3-9-14-10-4-7-12(14)15;3-1(4)2(5)6/h11H,2,4-5,7-10H2,1H3;(H,3,4)(H,5,6)/t11-;/m1./s1. The van der Waals surface area contributed by atoms with Crippen LogP contribution in [0.5, 0.6) is 0 Å². The second-order valence-corrected chi connectivity index (χ2v) is 4.99. The molecule has 0 aromatic carbocycles. The predicted molar refractivity (Wildman–Crippen MR) is 74.5 cm³/mol. The molecule has 2 aliphatic rings. The monoisotopic (exact) mass is 296 g/mol. The minimum atomic E-state index is -1.82. The maximum absolute atomic E-state index is 11.3. The molecule has 0 radical (unpaired) electrons. The number of hydrogen-bond donors (Lipinski definition) is 2. The lowest BCUT2D eigenvalue weighted by atomic mass is 10.2. The maximum Gasteiger partial charge on any atom is 0.414 e. The van der Waals surface area contributed by atoms with E-state index in [0.717, 1.165) is 19.5 Å². The van der Waals surface area contributed by atoms with Crippen LogP contribution in [0.25, 0.3) is 0 Å². The summed E-state index contributed by atoms with van der Waals surface area (Å²) >= 11 is 0. The Bertz CT molecular complexity index is 454. The van der Waals surface area contributed by atoms with E-state index in [0.29, 0.717) is 19.0 Å². The minimum Gasteiger partial charge on any atom is -0.473 e. The summed E-state index contributed by atoms with van der Waals surface area (Å²) in [5, 5.41) is 14.8. The van der Waals surface area contributed by atoms with Gasteiger partial charge in [0.15, 0.2) is 0 Å². The summed E-state index contributed by atoms with van der Waals surface area (Å²) in [6, 6.07) is 0.419. The largest absolute Gasteiger partial charge is 0.473 e. The Balaban J connectivity index is 0.000000315. The highest BCUT2D eigenvalue weighted by Crippen LogP contribution is 2.13. The average Bonchev–Trinajstić information content (AvgIpc) is 3.00. The molecular formula is C14H20N2O5. The van der Waals surface area contributed by atoms with Gasteiger partial charge >= 0.3 is 11.9 Å². The molecule has 7 nitrogen and oxygen atoms in total. The summed E-state index contributed by atoms with van der Waals surface area (Å²) in [5.41, 5.74) is 0. The zero-order valence-electron chi connectivity index (χ0n) is 12.0. The number of hydrogen-bond acceptors (Lipinski definition) is 4. The number of likely N-dealkylation sites (tertiary alicyclic amines) is 2. The van der Waals surface area contributed by atoms with Gasteiger partial charge in [0.1, 0.15) is 0 Å². The first-order valence-electron chi connectivity index (χ1n) is 6.84. The Labute approximate surface area is 123 Å². The Kier molecular flexibility index (Phi) is 6.69. The molecule has 0 saturated carbocycles. The molecule has 2 rings (SSSR count). The van der Waals surface area contributed by atoms with Gasteiger partial charge in [0.2, 0.25) is 5.91 Å². The smallest absolute Gasteiger partial charge is 0.414 e. The number of rotatable bonds is 1. The number of aliphatic carboxylic acids is 2. The molecule has 1 amide bonds. The molecule has 2 aliphatic heterocycles. The summed E-state index contributed by atoms with van der Waals surface area (Å²) in [6.07, 6.45) is 4.14. The van der Waals surface area contributed by atoms with Crippen LogP contribution in [0.3, 0.4) is 0 Å². The van der Waals surface area contributed by atoms with Crippen LogP contribution in [0.4, 0.5) is 0 Å². The molecule has 2 fully saturated rings. The Morgan fingerprint density at radius 3 is 2.33 bits per heavy atom. The molecule has 7 heteroatoms.